The molecule has 0 bridgehead atoms. The first-order valence-corrected chi connectivity index (χ1v) is 7.05. The molecular formula is C14H14ClN3O3. The van der Waals surface area contributed by atoms with Crippen molar-refractivity contribution in [1.29, 1.82) is 0 Å². The number of piperidine rings is 1. The molecule has 0 aromatic heterocycles. The molecule has 0 aliphatic carbocycles. The van der Waals surface area contributed by atoms with Gasteiger partial charge in [-0.25, -0.2) is 0 Å². The molecule has 1 fully saturated rings. The van der Waals surface area contributed by atoms with Crippen LogP contribution < -0.4 is 11.1 Å². The number of hydrogen-bond acceptors (Lipinski definition) is 4. The normalized spacial score (nSPS) is 21.5. The number of nitrogens with zero attached hydrogens (tertiary/aromatic N) is 1. The van der Waals surface area contributed by atoms with Crippen LogP contribution in [0.2, 0.25) is 5.02 Å². The van der Waals surface area contributed by atoms with Crippen LogP contribution in [0.4, 0.5) is 0 Å². The molecule has 21 heavy (non-hydrogen) atoms. The summed E-state index contributed by atoms with van der Waals surface area (Å²) in [6, 6.07) is 2.80. The van der Waals surface area contributed by atoms with Crippen molar-refractivity contribution in [2.24, 2.45) is 5.73 Å². The molecule has 0 radical (unpaired) electrons. The molecule has 1 unspecified atom stereocenters. The third-order valence-electron chi connectivity index (χ3n) is 3.95. The van der Waals surface area contributed by atoms with Gasteiger partial charge in [-0.15, -0.1) is 0 Å². The monoisotopic (exact) mass is 307 g/mol. The molecule has 1 aromatic rings. The van der Waals surface area contributed by atoms with Crippen LogP contribution in [0.5, 0.6) is 0 Å². The highest BCUT2D eigenvalue weighted by Crippen LogP contribution is 2.34. The van der Waals surface area contributed by atoms with E-state index in [1.807, 2.05) is 0 Å². The highest BCUT2D eigenvalue weighted by molar-refractivity contribution is 6.33. The summed E-state index contributed by atoms with van der Waals surface area (Å²) >= 11 is 6.27. The smallest absolute Gasteiger partial charge is 0.255 e. The molecule has 1 aromatic carbocycles. The van der Waals surface area contributed by atoms with E-state index in [9.17, 15) is 14.4 Å². The van der Waals surface area contributed by atoms with Gasteiger partial charge in [0.15, 0.2) is 0 Å². The van der Waals surface area contributed by atoms with Gasteiger partial charge in [-0.1, -0.05) is 17.7 Å². The lowest BCUT2D eigenvalue weighted by atomic mass is 10.0. The zero-order valence-corrected chi connectivity index (χ0v) is 11.9. The van der Waals surface area contributed by atoms with Crippen molar-refractivity contribution in [2.75, 3.05) is 0 Å². The number of benzene rings is 1. The number of halogens is 1. The lowest BCUT2D eigenvalue weighted by Crippen LogP contribution is -2.52. The van der Waals surface area contributed by atoms with Gasteiger partial charge in [-0.3, -0.25) is 19.7 Å². The van der Waals surface area contributed by atoms with E-state index in [1.165, 1.54) is 4.90 Å². The second-order valence-electron chi connectivity index (χ2n) is 5.17. The van der Waals surface area contributed by atoms with Gasteiger partial charge in [-0.2, -0.15) is 0 Å². The van der Waals surface area contributed by atoms with E-state index in [0.717, 1.165) is 5.56 Å². The lowest BCUT2D eigenvalue weighted by Gasteiger charge is -2.29. The zero-order chi connectivity index (χ0) is 15.1. The summed E-state index contributed by atoms with van der Waals surface area (Å²) in [7, 11) is 0. The number of nitrogens with two attached hydrogens (primary N) is 1. The van der Waals surface area contributed by atoms with Crippen LogP contribution in [0.3, 0.4) is 0 Å². The van der Waals surface area contributed by atoms with E-state index in [0.29, 0.717) is 29.1 Å². The summed E-state index contributed by atoms with van der Waals surface area (Å²) in [6.45, 7) is 0.561. The topological polar surface area (TPSA) is 92.5 Å². The summed E-state index contributed by atoms with van der Waals surface area (Å²) in [5.74, 6) is -0.962. The van der Waals surface area contributed by atoms with E-state index in [4.69, 9.17) is 17.3 Å². The SMILES string of the molecule is NCc1ccc2c(c1Cl)CN(C1CCC(=O)NC1=O)C2=O. The van der Waals surface area contributed by atoms with Gasteiger partial charge in [0.2, 0.25) is 11.8 Å². The molecule has 2 aliphatic heterocycles. The van der Waals surface area contributed by atoms with Crippen LogP contribution >= 0.6 is 11.6 Å². The van der Waals surface area contributed by atoms with Gasteiger partial charge in [0.25, 0.3) is 5.91 Å². The number of imide groups is 1. The highest BCUT2D eigenvalue weighted by Gasteiger charge is 2.39. The number of hydrogen-bond donors (Lipinski definition) is 2. The highest BCUT2D eigenvalue weighted by atomic mass is 35.5. The van der Waals surface area contributed by atoms with Gasteiger partial charge < -0.3 is 10.6 Å². The van der Waals surface area contributed by atoms with Crippen LogP contribution in [0.15, 0.2) is 12.1 Å². The zero-order valence-electron chi connectivity index (χ0n) is 11.2. The third-order valence-corrected chi connectivity index (χ3v) is 4.42. The standard InChI is InChI=1S/C14H14ClN3O3/c15-12-7(5-16)1-2-8-9(12)6-18(14(8)21)10-3-4-11(19)17-13(10)20/h1-2,10H,3-6,16H2,(H,17,19,20). The Labute approximate surface area is 126 Å². The number of amides is 3. The molecule has 7 heteroatoms. The van der Waals surface area contributed by atoms with Crippen molar-refractivity contribution in [3.05, 3.63) is 33.8 Å². The van der Waals surface area contributed by atoms with Crippen molar-refractivity contribution in [3.63, 3.8) is 0 Å². The minimum Gasteiger partial charge on any atom is -0.326 e. The molecule has 1 atom stereocenters. The molecule has 0 saturated carbocycles. The summed E-state index contributed by atoms with van der Waals surface area (Å²) in [5, 5.41) is 2.75. The Morgan fingerprint density at radius 3 is 2.76 bits per heavy atom. The summed E-state index contributed by atoms with van der Waals surface area (Å²) < 4.78 is 0. The molecule has 0 spiro atoms. The van der Waals surface area contributed by atoms with E-state index >= 15 is 0 Å². The largest absolute Gasteiger partial charge is 0.326 e. The van der Waals surface area contributed by atoms with Crippen LogP contribution in [0.1, 0.15) is 34.3 Å². The number of carbonyl (C=O) groups is 3. The minimum atomic E-state index is -0.625. The molecule has 2 aliphatic rings. The summed E-state index contributed by atoms with van der Waals surface area (Å²) in [6.07, 6.45) is 0.573. The Hall–Kier alpha value is -1.92. The van der Waals surface area contributed by atoms with E-state index in [-0.39, 0.29) is 24.8 Å². The third kappa shape index (κ3) is 2.20. The van der Waals surface area contributed by atoms with Crippen LogP contribution in [0.25, 0.3) is 0 Å². The molecule has 110 valence electrons. The fourth-order valence-electron chi connectivity index (χ4n) is 2.81. The average Bonchev–Trinajstić information content (AvgIpc) is 2.78. The Morgan fingerprint density at radius 2 is 2.10 bits per heavy atom. The predicted octanol–water partition coefficient (Wildman–Crippen LogP) is 0.560. The second-order valence-corrected chi connectivity index (χ2v) is 5.55. The first-order valence-electron chi connectivity index (χ1n) is 6.68. The van der Waals surface area contributed by atoms with Crippen molar-refractivity contribution in [2.45, 2.75) is 32.0 Å². The molecule has 1 saturated heterocycles. The maximum Gasteiger partial charge on any atom is 0.255 e. The Balaban J connectivity index is 1.92. The first-order chi connectivity index (χ1) is 10.0. The van der Waals surface area contributed by atoms with Gasteiger partial charge in [-0.05, 0) is 18.1 Å². The van der Waals surface area contributed by atoms with Crippen molar-refractivity contribution < 1.29 is 14.4 Å². The molecular weight excluding hydrogens is 294 g/mol. The number of rotatable bonds is 2. The number of nitrogens with one attached hydrogen (secondary N) is 1. The Kier molecular flexibility index (Phi) is 3.43. The Morgan fingerprint density at radius 1 is 1.33 bits per heavy atom. The molecule has 2 heterocycles. The van der Waals surface area contributed by atoms with Crippen molar-refractivity contribution >= 4 is 29.3 Å². The van der Waals surface area contributed by atoms with Gasteiger partial charge >= 0.3 is 0 Å². The van der Waals surface area contributed by atoms with Crippen LogP contribution in [0, 0.1) is 0 Å². The fraction of sp³-hybridized carbons (Fsp3) is 0.357. The quantitative estimate of drug-likeness (QED) is 0.781. The number of carbonyl (C=O) groups excluding carboxylic acids is 3. The lowest BCUT2D eigenvalue weighted by molar-refractivity contribution is -0.136. The maximum absolute atomic E-state index is 12.4. The minimum absolute atomic E-state index is 0.232. The van der Waals surface area contributed by atoms with Gasteiger partial charge in [0.1, 0.15) is 6.04 Å². The van der Waals surface area contributed by atoms with E-state index in [1.54, 1.807) is 12.1 Å². The van der Waals surface area contributed by atoms with Crippen LogP contribution in [-0.4, -0.2) is 28.7 Å². The first kappa shape index (κ1) is 14.0. The maximum atomic E-state index is 12.4. The van der Waals surface area contributed by atoms with Gasteiger partial charge in [0, 0.05) is 30.6 Å². The molecule has 3 N–H and O–H groups in total. The van der Waals surface area contributed by atoms with Crippen LogP contribution in [-0.2, 0) is 22.7 Å². The van der Waals surface area contributed by atoms with E-state index in [2.05, 4.69) is 5.32 Å². The summed E-state index contributed by atoms with van der Waals surface area (Å²) in [4.78, 5) is 37.0. The van der Waals surface area contributed by atoms with E-state index < -0.39 is 11.9 Å². The molecule has 6 nitrogen and oxygen atoms in total. The fourth-order valence-corrected chi connectivity index (χ4v) is 3.11. The van der Waals surface area contributed by atoms with Crippen molar-refractivity contribution in [3.8, 4) is 0 Å². The van der Waals surface area contributed by atoms with Crippen molar-refractivity contribution in [1.82, 2.24) is 10.2 Å². The number of fused-ring (bicyclic) bond motifs is 1. The average molecular weight is 308 g/mol. The second kappa shape index (κ2) is 5.13. The Bertz CT molecular complexity index is 659. The predicted molar refractivity (Wildman–Crippen MR) is 75.4 cm³/mol. The molecule has 3 amide bonds. The molecule has 3 rings (SSSR count). The van der Waals surface area contributed by atoms with Gasteiger partial charge in [0.05, 0.1) is 5.02 Å². The summed E-state index contributed by atoms with van der Waals surface area (Å²) in [5.41, 5.74) is 7.59.